The van der Waals surface area contributed by atoms with Crippen molar-refractivity contribution in [2.45, 2.75) is 6.10 Å². The van der Waals surface area contributed by atoms with Crippen LogP contribution in [0, 0.1) is 0 Å². The Balaban J connectivity index is 1.63. The molecule has 1 aliphatic heterocycles. The molecule has 2 aromatic carbocycles. The maximum absolute atomic E-state index is 12.3. The monoisotopic (exact) mass is 354 g/mol. The lowest BCUT2D eigenvalue weighted by atomic mass is 10.1. The first-order valence-corrected chi connectivity index (χ1v) is 8.27. The minimum Gasteiger partial charge on any atom is -0.459 e. The van der Waals surface area contributed by atoms with Gasteiger partial charge in [0.05, 0.1) is 23.4 Å². The zero-order valence-corrected chi connectivity index (χ0v) is 14.0. The van der Waals surface area contributed by atoms with Crippen molar-refractivity contribution in [3.63, 3.8) is 0 Å². The Morgan fingerprint density at radius 1 is 1.24 bits per heavy atom. The Labute approximate surface area is 149 Å². The maximum Gasteiger partial charge on any atom is 0.340 e. The molecule has 5 nitrogen and oxygen atoms in total. The molecular weight excluding hydrogens is 340 g/mol. The number of nitrogens with zero attached hydrogens (tertiary/aromatic N) is 1. The minimum absolute atomic E-state index is 0.0398. The Morgan fingerprint density at radius 2 is 2.08 bits per heavy atom. The topological polar surface area (TPSA) is 63.8 Å². The van der Waals surface area contributed by atoms with Gasteiger partial charge < -0.3 is 14.8 Å². The molecule has 1 aromatic heterocycles. The van der Waals surface area contributed by atoms with Gasteiger partial charge in [-0.3, -0.25) is 4.98 Å². The first-order valence-electron chi connectivity index (χ1n) is 7.90. The average molecular weight is 355 g/mol. The molecule has 126 valence electrons. The number of benzene rings is 2. The van der Waals surface area contributed by atoms with Gasteiger partial charge >= 0.3 is 5.97 Å². The van der Waals surface area contributed by atoms with Gasteiger partial charge in [-0.15, -0.1) is 0 Å². The summed E-state index contributed by atoms with van der Waals surface area (Å²) in [6.45, 7) is 0.933. The van der Waals surface area contributed by atoms with E-state index in [-0.39, 0.29) is 18.7 Å². The molecule has 1 saturated heterocycles. The van der Waals surface area contributed by atoms with E-state index >= 15 is 0 Å². The van der Waals surface area contributed by atoms with Crippen LogP contribution < -0.4 is 5.32 Å². The largest absolute Gasteiger partial charge is 0.459 e. The van der Waals surface area contributed by atoms with E-state index in [9.17, 15) is 4.79 Å². The van der Waals surface area contributed by atoms with Crippen LogP contribution in [0.4, 0.5) is 11.4 Å². The summed E-state index contributed by atoms with van der Waals surface area (Å²) < 4.78 is 10.4. The predicted molar refractivity (Wildman–Crippen MR) is 96.5 cm³/mol. The Bertz CT molecular complexity index is 941. The lowest BCUT2D eigenvalue weighted by Gasteiger charge is -2.13. The van der Waals surface area contributed by atoms with Crippen LogP contribution in [0.25, 0.3) is 10.9 Å². The van der Waals surface area contributed by atoms with Gasteiger partial charge in [0.15, 0.2) is 0 Å². The number of fused-ring (bicyclic) bond motifs is 1. The van der Waals surface area contributed by atoms with E-state index in [0.717, 1.165) is 16.6 Å². The third kappa shape index (κ3) is 3.57. The summed E-state index contributed by atoms with van der Waals surface area (Å²) in [7, 11) is 0. The van der Waals surface area contributed by atoms with Crippen molar-refractivity contribution < 1.29 is 14.3 Å². The number of rotatable bonds is 5. The van der Waals surface area contributed by atoms with Crippen LogP contribution in [0.3, 0.4) is 0 Å². The average Bonchev–Trinajstić information content (AvgIpc) is 3.44. The van der Waals surface area contributed by atoms with Crippen LogP contribution in [-0.2, 0) is 9.47 Å². The number of ether oxygens (including phenoxy) is 2. The fourth-order valence-electron chi connectivity index (χ4n) is 2.56. The molecule has 1 atom stereocenters. The van der Waals surface area contributed by atoms with Gasteiger partial charge in [-0.05, 0) is 36.4 Å². The third-order valence-electron chi connectivity index (χ3n) is 3.92. The summed E-state index contributed by atoms with van der Waals surface area (Å²) in [5, 5.41) is 4.85. The van der Waals surface area contributed by atoms with Crippen molar-refractivity contribution in [1.82, 2.24) is 4.98 Å². The molecule has 1 N–H and O–H groups in total. The number of anilines is 2. The molecule has 0 saturated carbocycles. The van der Waals surface area contributed by atoms with Gasteiger partial charge in [0.2, 0.25) is 0 Å². The fourth-order valence-corrected chi connectivity index (χ4v) is 2.72. The van der Waals surface area contributed by atoms with Crippen molar-refractivity contribution in [1.29, 1.82) is 0 Å². The molecule has 3 aromatic rings. The number of aromatic nitrogens is 1. The van der Waals surface area contributed by atoms with Gasteiger partial charge in [0, 0.05) is 22.3 Å². The van der Waals surface area contributed by atoms with Gasteiger partial charge in [0.1, 0.15) is 12.7 Å². The normalized spacial score (nSPS) is 15.8. The number of hydrogen-bond donors (Lipinski definition) is 1. The number of carbonyl (C=O) groups excluding carboxylic acids is 1. The molecule has 0 amide bonds. The predicted octanol–water partition coefficient (Wildman–Crippen LogP) is 4.19. The van der Waals surface area contributed by atoms with E-state index in [0.29, 0.717) is 22.9 Å². The van der Waals surface area contributed by atoms with E-state index in [1.165, 1.54) is 0 Å². The number of halogens is 1. The molecule has 0 aliphatic carbocycles. The lowest BCUT2D eigenvalue weighted by molar-refractivity contribution is 0.0478. The Hall–Kier alpha value is -2.63. The fraction of sp³-hybridized carbons (Fsp3) is 0.158. The molecule has 0 radical (unpaired) electrons. The molecule has 1 unspecified atom stereocenters. The van der Waals surface area contributed by atoms with Crippen molar-refractivity contribution in [2.24, 2.45) is 0 Å². The Kier molecular flexibility index (Phi) is 4.26. The van der Waals surface area contributed by atoms with Gasteiger partial charge in [-0.25, -0.2) is 4.79 Å². The van der Waals surface area contributed by atoms with Gasteiger partial charge in [-0.1, -0.05) is 23.7 Å². The van der Waals surface area contributed by atoms with E-state index in [2.05, 4.69) is 10.3 Å². The Morgan fingerprint density at radius 3 is 2.92 bits per heavy atom. The zero-order chi connectivity index (χ0) is 17.2. The molecule has 25 heavy (non-hydrogen) atoms. The first kappa shape index (κ1) is 15.9. The SMILES string of the molecule is O=C(OCC1CO1)c1ccccc1Nc1ccnc2cc(Cl)ccc12. The highest BCUT2D eigenvalue weighted by Crippen LogP contribution is 2.29. The number of carbonyl (C=O) groups is 1. The van der Waals surface area contributed by atoms with Crippen molar-refractivity contribution in [2.75, 3.05) is 18.5 Å². The molecule has 1 fully saturated rings. The summed E-state index contributed by atoms with van der Waals surface area (Å²) in [6.07, 6.45) is 1.74. The summed E-state index contributed by atoms with van der Waals surface area (Å²) in [5.41, 5.74) is 2.77. The zero-order valence-electron chi connectivity index (χ0n) is 13.2. The number of pyridine rings is 1. The smallest absolute Gasteiger partial charge is 0.340 e. The second-order valence-corrected chi connectivity index (χ2v) is 6.18. The van der Waals surface area contributed by atoms with Crippen LogP contribution in [0.2, 0.25) is 5.02 Å². The van der Waals surface area contributed by atoms with Crippen molar-refractivity contribution in [3.05, 3.63) is 65.3 Å². The highest BCUT2D eigenvalue weighted by atomic mass is 35.5. The molecule has 6 heteroatoms. The second-order valence-electron chi connectivity index (χ2n) is 5.74. The van der Waals surface area contributed by atoms with Crippen molar-refractivity contribution in [3.8, 4) is 0 Å². The van der Waals surface area contributed by atoms with E-state index in [1.54, 1.807) is 24.4 Å². The standard InChI is InChI=1S/C19H15ClN2O3/c20-12-5-6-14-17(7-8-21-18(14)9-12)22-16-4-2-1-3-15(16)19(23)25-11-13-10-24-13/h1-9,13H,10-11H2,(H,21,22). The highest BCUT2D eigenvalue weighted by molar-refractivity contribution is 6.31. The molecular formula is C19H15ClN2O3. The molecule has 0 spiro atoms. The quantitative estimate of drug-likeness (QED) is 0.550. The summed E-state index contributed by atoms with van der Waals surface area (Å²) >= 11 is 6.03. The molecule has 2 heterocycles. The van der Waals surface area contributed by atoms with Crippen LogP contribution in [-0.4, -0.2) is 30.3 Å². The number of nitrogens with one attached hydrogen (secondary N) is 1. The van der Waals surface area contributed by atoms with E-state index < -0.39 is 0 Å². The summed E-state index contributed by atoms with van der Waals surface area (Å²) in [6, 6.07) is 14.6. The maximum atomic E-state index is 12.3. The van der Waals surface area contributed by atoms with E-state index in [4.69, 9.17) is 21.1 Å². The first-order chi connectivity index (χ1) is 12.2. The summed E-state index contributed by atoms with van der Waals surface area (Å²) in [5.74, 6) is -0.375. The highest BCUT2D eigenvalue weighted by Gasteiger charge is 2.25. The summed E-state index contributed by atoms with van der Waals surface area (Å²) in [4.78, 5) is 16.7. The lowest BCUT2D eigenvalue weighted by Crippen LogP contribution is -2.12. The second kappa shape index (κ2) is 6.70. The van der Waals surface area contributed by atoms with Crippen LogP contribution in [0.5, 0.6) is 0 Å². The van der Waals surface area contributed by atoms with Crippen LogP contribution in [0.15, 0.2) is 54.7 Å². The van der Waals surface area contributed by atoms with Crippen LogP contribution >= 0.6 is 11.6 Å². The molecule has 4 rings (SSSR count). The minimum atomic E-state index is -0.375. The van der Waals surface area contributed by atoms with Crippen LogP contribution in [0.1, 0.15) is 10.4 Å². The van der Waals surface area contributed by atoms with Gasteiger partial charge in [-0.2, -0.15) is 0 Å². The number of epoxide rings is 1. The molecule has 0 bridgehead atoms. The number of hydrogen-bond acceptors (Lipinski definition) is 5. The van der Waals surface area contributed by atoms with Crippen molar-refractivity contribution >= 4 is 39.8 Å². The number of esters is 1. The third-order valence-corrected chi connectivity index (χ3v) is 4.16. The van der Waals surface area contributed by atoms with Gasteiger partial charge in [0.25, 0.3) is 0 Å². The molecule has 1 aliphatic rings. The number of para-hydroxylation sites is 1. The van der Waals surface area contributed by atoms with E-state index in [1.807, 2.05) is 30.3 Å².